The van der Waals surface area contributed by atoms with E-state index in [4.69, 9.17) is 9.47 Å². The normalized spacial score (nSPS) is 13.0. The van der Waals surface area contributed by atoms with Crippen molar-refractivity contribution in [2.45, 2.75) is 6.42 Å². The van der Waals surface area contributed by atoms with Crippen LogP contribution in [-0.2, 0) is 6.42 Å². The highest BCUT2D eigenvalue weighted by Gasteiger charge is 2.27. The lowest BCUT2D eigenvalue weighted by atomic mass is 10.0. The van der Waals surface area contributed by atoms with Gasteiger partial charge in [-0.1, -0.05) is 36.4 Å². The summed E-state index contributed by atoms with van der Waals surface area (Å²) in [6.45, 7) is 0.495. The molecule has 0 fully saturated rings. The Labute approximate surface area is 195 Å². The first-order valence-electron chi connectivity index (χ1n) is 10.6. The van der Waals surface area contributed by atoms with Crippen LogP contribution in [0.15, 0.2) is 71.7 Å². The molecule has 3 aromatic rings. The van der Waals surface area contributed by atoms with Crippen molar-refractivity contribution >= 4 is 5.91 Å². The molecule has 0 saturated heterocycles. The van der Waals surface area contributed by atoms with E-state index in [1.54, 1.807) is 31.4 Å². The van der Waals surface area contributed by atoms with Gasteiger partial charge in [0.25, 0.3) is 5.91 Å². The van der Waals surface area contributed by atoms with Gasteiger partial charge >= 0.3 is 0 Å². The number of hydrogen-bond acceptors (Lipinski definition) is 6. The number of hydrogen-bond donors (Lipinski definition) is 2. The van der Waals surface area contributed by atoms with Crippen LogP contribution in [0.2, 0.25) is 0 Å². The highest BCUT2D eigenvalue weighted by molar-refractivity contribution is 5.96. The number of benzene rings is 2. The number of fused-ring (bicyclic) bond motifs is 1. The Kier molecular flexibility index (Phi) is 6.82. The second kappa shape index (κ2) is 10.1. The lowest BCUT2D eigenvalue weighted by molar-refractivity contribution is 0.0741. The van der Waals surface area contributed by atoms with E-state index in [0.717, 1.165) is 5.56 Å². The van der Waals surface area contributed by atoms with Crippen LogP contribution >= 0.6 is 0 Å². The standard InChI is InChI=1S/C25H24FN3O5/c1-33-21-10-3-2-7-17(21)15-18-8-6-9-19(26)24(18)34-14-5-4-12-28-16-27-29-13-11-20(30)23(31)22(29)25(28)32/h2-11,13,27,31H,12,14-16H2,1H3/b5-4-. The molecule has 4 rings (SSSR count). The summed E-state index contributed by atoms with van der Waals surface area (Å²) in [5.41, 5.74) is 3.78. The van der Waals surface area contributed by atoms with Crippen molar-refractivity contribution < 1.29 is 23.8 Å². The van der Waals surface area contributed by atoms with Gasteiger partial charge in [0.1, 0.15) is 19.0 Å². The molecule has 1 aliphatic rings. The van der Waals surface area contributed by atoms with Crippen molar-refractivity contribution in [3.63, 3.8) is 0 Å². The van der Waals surface area contributed by atoms with Crippen LogP contribution in [0.25, 0.3) is 0 Å². The highest BCUT2D eigenvalue weighted by atomic mass is 19.1. The third kappa shape index (κ3) is 4.73. The monoisotopic (exact) mass is 465 g/mol. The summed E-state index contributed by atoms with van der Waals surface area (Å²) < 4.78 is 26.9. The zero-order valence-corrected chi connectivity index (χ0v) is 18.5. The summed E-state index contributed by atoms with van der Waals surface area (Å²) in [6.07, 6.45) is 5.22. The lowest BCUT2D eigenvalue weighted by Crippen LogP contribution is -2.46. The van der Waals surface area contributed by atoms with Gasteiger partial charge in [0.2, 0.25) is 5.43 Å². The molecule has 1 aromatic heterocycles. The molecule has 2 aromatic carbocycles. The average Bonchev–Trinajstić information content (AvgIpc) is 2.84. The molecule has 176 valence electrons. The minimum absolute atomic E-state index is 0.0939. The number of aromatic nitrogens is 1. The van der Waals surface area contributed by atoms with Gasteiger partial charge in [-0.05, 0) is 23.8 Å². The number of methoxy groups -OCH3 is 1. The molecule has 9 heteroatoms. The predicted octanol–water partition coefficient (Wildman–Crippen LogP) is 2.88. The minimum Gasteiger partial charge on any atom is -0.502 e. The van der Waals surface area contributed by atoms with Gasteiger partial charge in [-0.25, -0.2) is 4.39 Å². The predicted molar refractivity (Wildman–Crippen MR) is 124 cm³/mol. The molecular formula is C25H24FN3O5. The SMILES string of the molecule is COc1ccccc1Cc1cccc(F)c1OC/C=C\CN1CNn2ccc(=O)c(O)c2C1=O. The number of ether oxygens (including phenoxy) is 2. The zero-order valence-electron chi connectivity index (χ0n) is 18.5. The number of para-hydroxylation sites is 2. The zero-order chi connectivity index (χ0) is 24.1. The number of carbonyl (C=O) groups excluding carboxylic acids is 1. The summed E-state index contributed by atoms with van der Waals surface area (Å²) >= 11 is 0. The van der Waals surface area contributed by atoms with Crippen molar-refractivity contribution in [3.8, 4) is 17.2 Å². The van der Waals surface area contributed by atoms with Crippen molar-refractivity contribution in [2.24, 2.45) is 0 Å². The van der Waals surface area contributed by atoms with Gasteiger partial charge in [-0.3, -0.25) is 14.3 Å². The van der Waals surface area contributed by atoms with E-state index in [2.05, 4.69) is 5.43 Å². The smallest absolute Gasteiger partial charge is 0.278 e. The largest absolute Gasteiger partial charge is 0.502 e. The molecule has 0 saturated carbocycles. The molecule has 8 nitrogen and oxygen atoms in total. The number of aromatic hydroxyl groups is 1. The Hall–Kier alpha value is -4.27. The maximum absolute atomic E-state index is 14.5. The van der Waals surface area contributed by atoms with Crippen LogP contribution in [-0.4, -0.2) is 47.5 Å². The molecule has 2 N–H and O–H groups in total. The summed E-state index contributed by atoms with van der Waals surface area (Å²) in [4.78, 5) is 25.7. The van der Waals surface area contributed by atoms with Crippen LogP contribution in [0.5, 0.6) is 17.2 Å². The number of carbonyl (C=O) groups is 1. The molecule has 34 heavy (non-hydrogen) atoms. The first kappa shape index (κ1) is 22.9. The average molecular weight is 465 g/mol. The van der Waals surface area contributed by atoms with E-state index in [9.17, 15) is 19.1 Å². The number of pyridine rings is 1. The van der Waals surface area contributed by atoms with Gasteiger partial charge in [-0.2, -0.15) is 0 Å². The molecule has 0 atom stereocenters. The summed E-state index contributed by atoms with van der Waals surface area (Å²) in [5.74, 6) is -0.667. The van der Waals surface area contributed by atoms with Gasteiger partial charge in [0.05, 0.1) is 7.11 Å². The van der Waals surface area contributed by atoms with Crippen LogP contribution in [0, 0.1) is 5.82 Å². The van der Waals surface area contributed by atoms with E-state index in [0.29, 0.717) is 17.7 Å². The molecule has 2 heterocycles. The number of amides is 1. The topological polar surface area (TPSA) is 93.0 Å². The molecular weight excluding hydrogens is 441 g/mol. The van der Waals surface area contributed by atoms with Gasteiger partial charge in [0.15, 0.2) is 23.0 Å². The molecule has 0 bridgehead atoms. The lowest BCUT2D eigenvalue weighted by Gasteiger charge is -2.30. The number of rotatable bonds is 8. The number of nitrogens with zero attached hydrogens (tertiary/aromatic N) is 2. The molecule has 0 spiro atoms. The Bertz CT molecular complexity index is 1290. The van der Waals surface area contributed by atoms with E-state index < -0.39 is 22.9 Å². The molecule has 0 unspecified atom stereocenters. The third-order valence-electron chi connectivity index (χ3n) is 5.43. The fraction of sp³-hybridized carbons (Fsp3) is 0.200. The van der Waals surface area contributed by atoms with Crippen LogP contribution < -0.4 is 20.3 Å². The Morgan fingerprint density at radius 3 is 2.71 bits per heavy atom. The fourth-order valence-electron chi connectivity index (χ4n) is 3.70. The quantitative estimate of drug-likeness (QED) is 0.497. The Balaban J connectivity index is 1.39. The van der Waals surface area contributed by atoms with Crippen molar-refractivity contribution in [3.05, 3.63) is 99.7 Å². The molecule has 1 aliphatic heterocycles. The van der Waals surface area contributed by atoms with Gasteiger partial charge in [0, 0.05) is 30.8 Å². The third-order valence-corrected chi connectivity index (χ3v) is 5.43. The van der Waals surface area contributed by atoms with Gasteiger partial charge < -0.3 is 24.9 Å². The van der Waals surface area contributed by atoms with Crippen molar-refractivity contribution in [1.82, 2.24) is 9.58 Å². The fourth-order valence-corrected chi connectivity index (χ4v) is 3.70. The van der Waals surface area contributed by atoms with Crippen LogP contribution in [0.1, 0.15) is 21.6 Å². The van der Waals surface area contributed by atoms with E-state index >= 15 is 0 Å². The maximum Gasteiger partial charge on any atom is 0.278 e. The molecule has 0 radical (unpaired) electrons. The number of nitrogens with one attached hydrogen (secondary N) is 1. The summed E-state index contributed by atoms with van der Waals surface area (Å²) in [6, 6.07) is 13.5. The second-order valence-corrected chi connectivity index (χ2v) is 7.59. The Morgan fingerprint density at radius 2 is 1.88 bits per heavy atom. The van der Waals surface area contributed by atoms with Gasteiger partial charge in [-0.15, -0.1) is 0 Å². The van der Waals surface area contributed by atoms with Crippen LogP contribution in [0.4, 0.5) is 4.39 Å². The molecule has 0 aliphatic carbocycles. The van der Waals surface area contributed by atoms with E-state index in [1.165, 1.54) is 27.9 Å². The van der Waals surface area contributed by atoms with E-state index in [-0.39, 0.29) is 31.3 Å². The minimum atomic E-state index is -0.624. The first-order chi connectivity index (χ1) is 16.5. The van der Waals surface area contributed by atoms with E-state index in [1.807, 2.05) is 24.3 Å². The van der Waals surface area contributed by atoms with Crippen molar-refractivity contribution in [1.29, 1.82) is 0 Å². The summed E-state index contributed by atoms with van der Waals surface area (Å²) in [7, 11) is 1.59. The maximum atomic E-state index is 14.5. The van der Waals surface area contributed by atoms with Crippen molar-refractivity contribution in [2.75, 3.05) is 32.4 Å². The number of halogens is 1. The highest BCUT2D eigenvalue weighted by Crippen LogP contribution is 2.28. The second-order valence-electron chi connectivity index (χ2n) is 7.59. The first-order valence-corrected chi connectivity index (χ1v) is 10.6. The van der Waals surface area contributed by atoms with Crippen LogP contribution in [0.3, 0.4) is 0 Å². The molecule has 1 amide bonds. The Morgan fingerprint density at radius 1 is 1.09 bits per heavy atom. The summed E-state index contributed by atoms with van der Waals surface area (Å²) in [5, 5.41) is 9.96.